The van der Waals surface area contributed by atoms with Gasteiger partial charge in [0.1, 0.15) is 12.7 Å². The summed E-state index contributed by atoms with van der Waals surface area (Å²) < 4.78 is 1.89. The SMILES string of the molecule is C=C/N=C\N(C)CC(C)(Cn1cncn1)c1ccc(C)cc1C. The maximum Gasteiger partial charge on any atom is 0.137 e. The van der Waals surface area contributed by atoms with E-state index in [0.29, 0.717) is 0 Å². The molecule has 0 aliphatic heterocycles. The van der Waals surface area contributed by atoms with E-state index < -0.39 is 0 Å². The van der Waals surface area contributed by atoms with Crippen LogP contribution >= 0.6 is 0 Å². The zero-order valence-corrected chi connectivity index (χ0v) is 14.4. The third-order valence-electron chi connectivity index (χ3n) is 3.98. The van der Waals surface area contributed by atoms with Crippen molar-refractivity contribution in [3.8, 4) is 0 Å². The van der Waals surface area contributed by atoms with Crippen molar-refractivity contribution in [2.75, 3.05) is 13.6 Å². The number of nitrogens with zero attached hydrogens (tertiary/aromatic N) is 5. The Labute approximate surface area is 138 Å². The second-order valence-corrected chi connectivity index (χ2v) is 6.33. The number of hydrogen-bond acceptors (Lipinski definition) is 3. The van der Waals surface area contributed by atoms with Crippen LogP contribution < -0.4 is 0 Å². The fourth-order valence-corrected chi connectivity index (χ4v) is 3.14. The van der Waals surface area contributed by atoms with Crippen LogP contribution in [0.15, 0.2) is 48.6 Å². The second-order valence-electron chi connectivity index (χ2n) is 6.33. The minimum atomic E-state index is -0.118. The molecule has 1 heterocycles. The van der Waals surface area contributed by atoms with Crippen LogP contribution in [0, 0.1) is 13.8 Å². The van der Waals surface area contributed by atoms with Crippen LogP contribution in [-0.2, 0) is 12.0 Å². The fraction of sp³-hybridized carbons (Fsp3) is 0.389. The van der Waals surface area contributed by atoms with Crippen LogP contribution in [0.5, 0.6) is 0 Å². The standard InChI is InChI=1S/C18H25N5/c1-6-19-13-22(5)10-18(4,11-23-14-20-12-21-23)17-8-7-15(2)9-16(17)3/h6-9,12-14H,1,10-11H2,2-5H3/b19-13-. The molecular weight excluding hydrogens is 286 g/mol. The summed E-state index contributed by atoms with van der Waals surface area (Å²) in [6.45, 7) is 11.7. The highest BCUT2D eigenvalue weighted by Gasteiger charge is 2.30. The summed E-state index contributed by atoms with van der Waals surface area (Å²) in [5, 5.41) is 4.28. The number of hydrogen-bond donors (Lipinski definition) is 0. The van der Waals surface area contributed by atoms with Crippen molar-refractivity contribution in [3.05, 3.63) is 60.3 Å². The third kappa shape index (κ3) is 4.28. The normalized spacial score (nSPS) is 13.9. The molecule has 1 unspecified atom stereocenters. The molecule has 0 fully saturated rings. The lowest BCUT2D eigenvalue weighted by Gasteiger charge is -2.34. The molecule has 2 rings (SSSR count). The average Bonchev–Trinajstić information content (AvgIpc) is 2.97. The lowest BCUT2D eigenvalue weighted by Crippen LogP contribution is -2.40. The molecule has 1 atom stereocenters. The molecule has 0 spiro atoms. The Kier molecular flexibility index (Phi) is 5.32. The predicted octanol–water partition coefficient (Wildman–Crippen LogP) is 2.96. The van der Waals surface area contributed by atoms with Crippen molar-refractivity contribution >= 4 is 6.34 Å². The number of benzene rings is 1. The largest absolute Gasteiger partial charge is 0.365 e. The summed E-state index contributed by atoms with van der Waals surface area (Å²) in [7, 11) is 2.02. The summed E-state index contributed by atoms with van der Waals surface area (Å²) in [4.78, 5) is 10.3. The van der Waals surface area contributed by atoms with Gasteiger partial charge in [-0.25, -0.2) is 9.98 Å². The molecule has 0 aliphatic carbocycles. The van der Waals surface area contributed by atoms with E-state index in [2.05, 4.69) is 65.5 Å². The monoisotopic (exact) mass is 311 g/mol. The van der Waals surface area contributed by atoms with Gasteiger partial charge in [-0.05, 0) is 25.0 Å². The van der Waals surface area contributed by atoms with E-state index in [1.807, 2.05) is 11.7 Å². The molecule has 5 heteroatoms. The molecule has 122 valence electrons. The summed E-state index contributed by atoms with van der Waals surface area (Å²) in [6.07, 6.45) is 6.68. The van der Waals surface area contributed by atoms with Crippen LogP contribution in [0.4, 0.5) is 0 Å². The summed E-state index contributed by atoms with van der Waals surface area (Å²) in [5.74, 6) is 0. The smallest absolute Gasteiger partial charge is 0.137 e. The number of aryl methyl sites for hydroxylation is 2. The van der Waals surface area contributed by atoms with Crippen molar-refractivity contribution in [3.63, 3.8) is 0 Å². The zero-order chi connectivity index (χ0) is 16.9. The molecule has 0 aliphatic rings. The molecular formula is C18H25N5. The quantitative estimate of drug-likeness (QED) is 0.583. The maximum absolute atomic E-state index is 4.28. The van der Waals surface area contributed by atoms with Crippen LogP contribution in [0.2, 0.25) is 0 Å². The lowest BCUT2D eigenvalue weighted by molar-refractivity contribution is 0.301. The highest BCUT2D eigenvalue weighted by molar-refractivity contribution is 5.55. The van der Waals surface area contributed by atoms with Gasteiger partial charge in [-0.15, -0.1) is 0 Å². The molecule has 1 aromatic heterocycles. The van der Waals surface area contributed by atoms with E-state index >= 15 is 0 Å². The van der Waals surface area contributed by atoms with Crippen LogP contribution in [0.25, 0.3) is 0 Å². The molecule has 0 bridgehead atoms. The van der Waals surface area contributed by atoms with Gasteiger partial charge in [0.2, 0.25) is 0 Å². The number of aromatic nitrogens is 3. The molecule has 23 heavy (non-hydrogen) atoms. The van der Waals surface area contributed by atoms with Crippen molar-refractivity contribution in [2.24, 2.45) is 4.99 Å². The molecule has 0 radical (unpaired) electrons. The zero-order valence-electron chi connectivity index (χ0n) is 14.4. The van der Waals surface area contributed by atoms with Crippen molar-refractivity contribution < 1.29 is 0 Å². The third-order valence-corrected chi connectivity index (χ3v) is 3.98. The topological polar surface area (TPSA) is 46.3 Å². The average molecular weight is 311 g/mol. The Morgan fingerprint density at radius 3 is 2.78 bits per heavy atom. The first-order valence-electron chi connectivity index (χ1n) is 7.69. The van der Waals surface area contributed by atoms with Crippen molar-refractivity contribution in [1.29, 1.82) is 0 Å². The van der Waals surface area contributed by atoms with Gasteiger partial charge in [-0.1, -0.05) is 37.3 Å². The van der Waals surface area contributed by atoms with Crippen LogP contribution in [0.1, 0.15) is 23.6 Å². The van der Waals surface area contributed by atoms with Gasteiger partial charge in [-0.3, -0.25) is 4.68 Å². The van der Waals surface area contributed by atoms with Gasteiger partial charge in [0, 0.05) is 25.2 Å². The maximum atomic E-state index is 4.28. The van der Waals surface area contributed by atoms with E-state index in [4.69, 9.17) is 0 Å². The van der Waals surface area contributed by atoms with Gasteiger partial charge >= 0.3 is 0 Å². The summed E-state index contributed by atoms with van der Waals surface area (Å²) in [6, 6.07) is 6.62. The van der Waals surface area contributed by atoms with Crippen molar-refractivity contribution in [1.82, 2.24) is 19.7 Å². The van der Waals surface area contributed by atoms with E-state index in [-0.39, 0.29) is 5.41 Å². The minimum absolute atomic E-state index is 0.118. The van der Waals surface area contributed by atoms with Crippen molar-refractivity contribution in [2.45, 2.75) is 32.7 Å². The highest BCUT2D eigenvalue weighted by atomic mass is 15.3. The molecule has 0 saturated heterocycles. The predicted molar refractivity (Wildman–Crippen MR) is 94.6 cm³/mol. The molecule has 0 N–H and O–H groups in total. The number of rotatable bonds is 7. The van der Waals surface area contributed by atoms with E-state index in [1.54, 1.807) is 25.2 Å². The van der Waals surface area contributed by atoms with Gasteiger partial charge in [0.05, 0.1) is 12.9 Å². The minimum Gasteiger partial charge on any atom is -0.365 e. The first-order chi connectivity index (χ1) is 10.9. The van der Waals surface area contributed by atoms with Gasteiger partial charge in [-0.2, -0.15) is 5.10 Å². The van der Waals surface area contributed by atoms with E-state index in [9.17, 15) is 0 Å². The molecule has 0 amide bonds. The Hall–Kier alpha value is -2.43. The molecule has 0 saturated carbocycles. The fourth-order valence-electron chi connectivity index (χ4n) is 3.14. The second kappa shape index (κ2) is 7.22. The first kappa shape index (κ1) is 16.9. The molecule has 5 nitrogen and oxygen atoms in total. The van der Waals surface area contributed by atoms with Gasteiger partial charge in [0.25, 0.3) is 0 Å². The molecule has 1 aromatic carbocycles. The van der Waals surface area contributed by atoms with Crippen LogP contribution in [0.3, 0.4) is 0 Å². The van der Waals surface area contributed by atoms with Crippen LogP contribution in [-0.4, -0.2) is 39.6 Å². The van der Waals surface area contributed by atoms with E-state index in [0.717, 1.165) is 13.1 Å². The Bertz CT molecular complexity index is 675. The Morgan fingerprint density at radius 1 is 1.39 bits per heavy atom. The van der Waals surface area contributed by atoms with Gasteiger partial charge in [0.15, 0.2) is 0 Å². The Morgan fingerprint density at radius 2 is 2.17 bits per heavy atom. The highest BCUT2D eigenvalue weighted by Crippen LogP contribution is 2.30. The first-order valence-corrected chi connectivity index (χ1v) is 7.69. The number of aliphatic imine (C=N–C) groups is 1. The lowest BCUT2D eigenvalue weighted by atomic mass is 9.79. The number of likely N-dealkylation sites (N-methyl/N-ethyl adjacent to an activating group) is 1. The van der Waals surface area contributed by atoms with E-state index in [1.165, 1.54) is 16.7 Å². The van der Waals surface area contributed by atoms with Gasteiger partial charge < -0.3 is 4.90 Å². The molecule has 2 aromatic rings. The Balaban J connectivity index is 2.37. The summed E-state index contributed by atoms with van der Waals surface area (Å²) >= 11 is 0. The summed E-state index contributed by atoms with van der Waals surface area (Å²) in [5.41, 5.74) is 3.77.